The Labute approximate surface area is 126 Å². The van der Waals surface area contributed by atoms with E-state index in [0.29, 0.717) is 5.56 Å². The van der Waals surface area contributed by atoms with Crippen LogP contribution in [0.3, 0.4) is 0 Å². The number of halogens is 1. The second kappa shape index (κ2) is 6.38. The summed E-state index contributed by atoms with van der Waals surface area (Å²) in [6.07, 6.45) is 0. The lowest BCUT2D eigenvalue weighted by atomic mass is 10.1. The number of rotatable bonds is 4. The lowest BCUT2D eigenvalue weighted by molar-refractivity contribution is 0.0932. The number of hydrogen-bond donors (Lipinski definition) is 1. The maximum Gasteiger partial charge on any atom is 0.272 e. The van der Waals surface area contributed by atoms with Gasteiger partial charge in [-0.25, -0.2) is 9.07 Å². The zero-order chi connectivity index (χ0) is 16.3. The number of aryl methyl sites for hydroxylation is 1. The van der Waals surface area contributed by atoms with E-state index < -0.39 is 17.8 Å². The van der Waals surface area contributed by atoms with Crippen molar-refractivity contribution < 1.29 is 13.9 Å². The molecule has 0 radical (unpaired) electrons. The summed E-state index contributed by atoms with van der Waals surface area (Å²) in [5, 5.41) is 6.56. The second-order valence-electron chi connectivity index (χ2n) is 4.77. The third kappa shape index (κ3) is 3.30. The average Bonchev–Trinajstić information content (AvgIpc) is 2.49. The van der Waals surface area contributed by atoms with Crippen molar-refractivity contribution in [2.24, 2.45) is 7.05 Å². The van der Waals surface area contributed by atoms with Gasteiger partial charge < -0.3 is 10.1 Å². The van der Waals surface area contributed by atoms with Gasteiger partial charge in [-0.05, 0) is 30.7 Å². The first kappa shape index (κ1) is 15.7. The molecule has 0 fully saturated rings. The molecule has 0 aliphatic rings. The molecule has 0 saturated carbocycles. The molecule has 0 aliphatic carbocycles. The van der Waals surface area contributed by atoms with Crippen molar-refractivity contribution in [1.29, 1.82) is 0 Å². The second-order valence-corrected chi connectivity index (χ2v) is 4.77. The molecule has 2 rings (SSSR count). The number of amides is 1. The number of nitrogens with zero attached hydrogens (tertiary/aromatic N) is 2. The first-order valence-electron chi connectivity index (χ1n) is 6.61. The van der Waals surface area contributed by atoms with Crippen molar-refractivity contribution in [1.82, 2.24) is 15.1 Å². The number of nitrogens with one attached hydrogen (secondary N) is 1. The molecule has 6 nitrogen and oxygen atoms in total. The lowest BCUT2D eigenvalue weighted by Gasteiger charge is -2.15. The van der Waals surface area contributed by atoms with Gasteiger partial charge in [0, 0.05) is 13.1 Å². The predicted octanol–water partition coefficient (Wildman–Crippen LogP) is 1.42. The SMILES string of the molecule is COc1ccc([C@H](C)NC(=O)c2ccc(=O)n(C)n2)cc1F. The van der Waals surface area contributed by atoms with Gasteiger partial charge in [-0.15, -0.1) is 0 Å². The summed E-state index contributed by atoms with van der Waals surface area (Å²) >= 11 is 0. The number of ether oxygens (including phenoxy) is 1. The summed E-state index contributed by atoms with van der Waals surface area (Å²) in [5.74, 6) is -0.803. The molecule has 1 aromatic carbocycles. The van der Waals surface area contributed by atoms with E-state index in [9.17, 15) is 14.0 Å². The Hall–Kier alpha value is -2.70. The number of aromatic nitrogens is 2. The van der Waals surface area contributed by atoms with Crippen LogP contribution in [0.5, 0.6) is 5.75 Å². The van der Waals surface area contributed by atoms with Gasteiger partial charge in [0.15, 0.2) is 11.6 Å². The van der Waals surface area contributed by atoms with E-state index in [2.05, 4.69) is 10.4 Å². The average molecular weight is 305 g/mol. The van der Waals surface area contributed by atoms with Gasteiger partial charge in [-0.1, -0.05) is 6.07 Å². The Bertz CT molecular complexity index is 758. The van der Waals surface area contributed by atoms with Crippen LogP contribution in [0.15, 0.2) is 35.1 Å². The summed E-state index contributed by atoms with van der Waals surface area (Å²) in [6, 6.07) is 6.65. The molecule has 1 N–H and O–H groups in total. The predicted molar refractivity (Wildman–Crippen MR) is 78.3 cm³/mol. The zero-order valence-electron chi connectivity index (χ0n) is 12.5. The highest BCUT2D eigenvalue weighted by molar-refractivity contribution is 5.92. The van der Waals surface area contributed by atoms with Crippen LogP contribution in [0.1, 0.15) is 29.0 Å². The van der Waals surface area contributed by atoms with E-state index in [-0.39, 0.29) is 17.0 Å². The standard InChI is InChI=1S/C15H16FN3O3/c1-9(10-4-6-13(22-3)11(16)8-10)17-15(21)12-5-7-14(20)19(2)18-12/h4-9H,1-3H3,(H,17,21)/t9-/m0/s1. The number of carbonyl (C=O) groups excluding carboxylic acids is 1. The van der Waals surface area contributed by atoms with Gasteiger partial charge in [0.05, 0.1) is 13.2 Å². The van der Waals surface area contributed by atoms with Gasteiger partial charge in [0.1, 0.15) is 5.69 Å². The monoisotopic (exact) mass is 305 g/mol. The largest absolute Gasteiger partial charge is 0.494 e. The first-order chi connectivity index (χ1) is 10.4. The highest BCUT2D eigenvalue weighted by atomic mass is 19.1. The molecule has 0 bridgehead atoms. The highest BCUT2D eigenvalue weighted by Crippen LogP contribution is 2.21. The minimum Gasteiger partial charge on any atom is -0.494 e. The van der Waals surface area contributed by atoms with Crippen LogP contribution >= 0.6 is 0 Å². The summed E-state index contributed by atoms with van der Waals surface area (Å²) in [7, 11) is 2.84. The van der Waals surface area contributed by atoms with Gasteiger partial charge in [-0.2, -0.15) is 5.10 Å². The van der Waals surface area contributed by atoms with Crippen LogP contribution in [-0.4, -0.2) is 22.8 Å². The van der Waals surface area contributed by atoms with Gasteiger partial charge in [-0.3, -0.25) is 9.59 Å². The molecular formula is C15H16FN3O3. The van der Waals surface area contributed by atoms with Gasteiger partial charge in [0.2, 0.25) is 0 Å². The van der Waals surface area contributed by atoms with Crippen molar-refractivity contribution >= 4 is 5.91 Å². The molecule has 1 atom stereocenters. The number of benzene rings is 1. The molecule has 116 valence electrons. The Balaban J connectivity index is 2.15. The number of hydrogen-bond acceptors (Lipinski definition) is 4. The van der Waals surface area contributed by atoms with E-state index in [1.807, 2.05) is 0 Å². The third-order valence-corrected chi connectivity index (χ3v) is 3.22. The highest BCUT2D eigenvalue weighted by Gasteiger charge is 2.15. The van der Waals surface area contributed by atoms with Crippen LogP contribution in [0.4, 0.5) is 4.39 Å². The fraction of sp³-hybridized carbons (Fsp3) is 0.267. The zero-order valence-corrected chi connectivity index (χ0v) is 12.5. The molecular weight excluding hydrogens is 289 g/mol. The van der Waals surface area contributed by atoms with Crippen molar-refractivity contribution in [3.05, 3.63) is 57.8 Å². The Kier molecular flexibility index (Phi) is 4.55. The van der Waals surface area contributed by atoms with Crippen LogP contribution in [0.2, 0.25) is 0 Å². The van der Waals surface area contributed by atoms with E-state index >= 15 is 0 Å². The van der Waals surface area contributed by atoms with Crippen LogP contribution < -0.4 is 15.6 Å². The summed E-state index contributed by atoms with van der Waals surface area (Å²) in [6.45, 7) is 1.72. The normalized spacial score (nSPS) is 11.8. The van der Waals surface area contributed by atoms with Crippen molar-refractivity contribution in [2.45, 2.75) is 13.0 Å². The fourth-order valence-electron chi connectivity index (χ4n) is 1.93. The Morgan fingerprint density at radius 3 is 2.68 bits per heavy atom. The molecule has 7 heteroatoms. The van der Waals surface area contributed by atoms with Crippen molar-refractivity contribution in [3.63, 3.8) is 0 Å². The maximum absolute atomic E-state index is 13.7. The maximum atomic E-state index is 13.7. The lowest BCUT2D eigenvalue weighted by Crippen LogP contribution is -2.30. The number of methoxy groups -OCH3 is 1. The van der Waals surface area contributed by atoms with Crippen LogP contribution in [0, 0.1) is 5.82 Å². The molecule has 2 aromatic rings. The molecule has 1 amide bonds. The molecule has 1 aromatic heterocycles. The van der Waals surface area contributed by atoms with E-state index in [1.165, 1.54) is 38.4 Å². The van der Waals surface area contributed by atoms with E-state index in [0.717, 1.165) is 4.68 Å². The molecule has 0 aliphatic heterocycles. The molecule has 22 heavy (non-hydrogen) atoms. The summed E-state index contributed by atoms with van der Waals surface area (Å²) in [4.78, 5) is 23.3. The Morgan fingerprint density at radius 1 is 1.36 bits per heavy atom. The van der Waals surface area contributed by atoms with E-state index in [1.54, 1.807) is 13.0 Å². The van der Waals surface area contributed by atoms with Crippen molar-refractivity contribution in [3.8, 4) is 5.75 Å². The topological polar surface area (TPSA) is 73.2 Å². The minimum atomic E-state index is -0.499. The summed E-state index contributed by atoms with van der Waals surface area (Å²) < 4.78 is 19.6. The minimum absolute atomic E-state index is 0.114. The van der Waals surface area contributed by atoms with Gasteiger partial charge >= 0.3 is 0 Å². The Morgan fingerprint density at radius 2 is 2.09 bits per heavy atom. The first-order valence-corrected chi connectivity index (χ1v) is 6.61. The van der Waals surface area contributed by atoms with E-state index in [4.69, 9.17) is 4.74 Å². The molecule has 0 saturated heterocycles. The summed E-state index contributed by atoms with van der Waals surface area (Å²) in [5.41, 5.74) is 0.404. The van der Waals surface area contributed by atoms with Gasteiger partial charge in [0.25, 0.3) is 11.5 Å². The fourth-order valence-corrected chi connectivity index (χ4v) is 1.93. The van der Waals surface area contributed by atoms with Crippen molar-refractivity contribution in [2.75, 3.05) is 7.11 Å². The number of carbonyl (C=O) groups is 1. The van der Waals surface area contributed by atoms with Crippen LogP contribution in [0.25, 0.3) is 0 Å². The molecule has 0 unspecified atom stereocenters. The quantitative estimate of drug-likeness (QED) is 0.927. The molecule has 1 heterocycles. The third-order valence-electron chi connectivity index (χ3n) is 3.22. The van der Waals surface area contributed by atoms with Crippen LogP contribution in [-0.2, 0) is 7.05 Å². The molecule has 0 spiro atoms. The smallest absolute Gasteiger partial charge is 0.272 e.